The fraction of sp³-hybridized carbons (Fsp3) is 0.273. The Hall–Kier alpha value is -0.320. The van der Waals surface area contributed by atoms with E-state index in [1.807, 2.05) is 18.2 Å². The minimum Gasteiger partial charge on any atom is -0.488 e. The van der Waals surface area contributed by atoms with Crippen LogP contribution in [0.25, 0.3) is 0 Å². The van der Waals surface area contributed by atoms with E-state index in [-0.39, 0.29) is 0 Å². The first kappa shape index (κ1) is 12.7. The third-order valence-corrected chi connectivity index (χ3v) is 2.83. The van der Waals surface area contributed by atoms with Gasteiger partial charge in [-0.1, -0.05) is 38.4 Å². The molecule has 0 aliphatic rings. The molecule has 0 aliphatic heterocycles. The van der Waals surface area contributed by atoms with Gasteiger partial charge in [-0.15, -0.1) is 0 Å². The van der Waals surface area contributed by atoms with Crippen LogP contribution in [-0.4, -0.2) is 13.2 Å². The molecule has 0 amide bonds. The molecule has 0 saturated heterocycles. The van der Waals surface area contributed by atoms with Crippen LogP contribution in [0.3, 0.4) is 0 Å². The Bertz CT molecular complexity index is 352. The third-order valence-electron chi connectivity index (χ3n) is 1.83. The topological polar surface area (TPSA) is 35.2 Å². The van der Waals surface area contributed by atoms with Crippen molar-refractivity contribution in [2.24, 2.45) is 5.73 Å². The summed E-state index contributed by atoms with van der Waals surface area (Å²) in [5.74, 6) is 0.835. The van der Waals surface area contributed by atoms with Crippen molar-refractivity contribution in [3.8, 4) is 5.75 Å². The van der Waals surface area contributed by atoms with Crippen molar-refractivity contribution in [1.82, 2.24) is 0 Å². The Morgan fingerprint density at radius 3 is 2.80 bits per heavy atom. The van der Waals surface area contributed by atoms with Crippen LogP contribution in [0.4, 0.5) is 0 Å². The van der Waals surface area contributed by atoms with Gasteiger partial charge in [-0.3, -0.25) is 0 Å². The maximum absolute atomic E-state index is 5.52. The second kappa shape index (κ2) is 6.30. The number of rotatable bonds is 5. The third kappa shape index (κ3) is 4.36. The maximum atomic E-state index is 5.52. The summed E-state index contributed by atoms with van der Waals surface area (Å²) < 4.78 is 7.39. The molecule has 15 heavy (non-hydrogen) atoms. The predicted octanol–water partition coefficient (Wildman–Crippen LogP) is 3.24. The quantitative estimate of drug-likeness (QED) is 0.897. The van der Waals surface area contributed by atoms with Gasteiger partial charge in [-0.25, -0.2) is 0 Å². The second-order valence-electron chi connectivity index (χ2n) is 3.10. The lowest BCUT2D eigenvalue weighted by atomic mass is 10.1. The van der Waals surface area contributed by atoms with Crippen molar-refractivity contribution in [3.05, 3.63) is 39.3 Å². The highest BCUT2D eigenvalue weighted by Gasteiger charge is 2.02. The SMILES string of the molecule is C=C(Br)COc1ccc(Br)c(CCN)c1. The van der Waals surface area contributed by atoms with Crippen LogP contribution in [0.5, 0.6) is 5.75 Å². The predicted molar refractivity (Wildman–Crippen MR) is 70.5 cm³/mol. The first-order valence-corrected chi connectivity index (χ1v) is 6.16. The van der Waals surface area contributed by atoms with E-state index in [9.17, 15) is 0 Å². The van der Waals surface area contributed by atoms with E-state index in [0.717, 1.165) is 26.7 Å². The zero-order chi connectivity index (χ0) is 11.3. The molecule has 0 fully saturated rings. The number of halogens is 2. The summed E-state index contributed by atoms with van der Waals surface area (Å²) in [6, 6.07) is 5.88. The average Bonchev–Trinajstić information content (AvgIpc) is 2.19. The molecule has 0 spiro atoms. The van der Waals surface area contributed by atoms with Crippen molar-refractivity contribution < 1.29 is 4.74 Å². The second-order valence-corrected chi connectivity index (χ2v) is 5.07. The highest BCUT2D eigenvalue weighted by atomic mass is 79.9. The van der Waals surface area contributed by atoms with E-state index in [4.69, 9.17) is 10.5 Å². The molecule has 1 aromatic rings. The molecule has 0 unspecified atom stereocenters. The molecule has 4 heteroatoms. The molecule has 2 N–H and O–H groups in total. The molecule has 2 nitrogen and oxygen atoms in total. The van der Waals surface area contributed by atoms with Crippen LogP contribution >= 0.6 is 31.9 Å². The van der Waals surface area contributed by atoms with E-state index < -0.39 is 0 Å². The van der Waals surface area contributed by atoms with Gasteiger partial charge in [0, 0.05) is 8.96 Å². The smallest absolute Gasteiger partial charge is 0.120 e. The monoisotopic (exact) mass is 333 g/mol. The summed E-state index contributed by atoms with van der Waals surface area (Å²) in [6.07, 6.45) is 0.840. The summed E-state index contributed by atoms with van der Waals surface area (Å²) in [6.45, 7) is 4.82. The molecule has 0 radical (unpaired) electrons. The Kier molecular flexibility index (Phi) is 5.36. The van der Waals surface area contributed by atoms with Gasteiger partial charge in [0.1, 0.15) is 12.4 Å². The van der Waals surface area contributed by atoms with Gasteiger partial charge in [0.25, 0.3) is 0 Å². The molecular weight excluding hydrogens is 322 g/mol. The van der Waals surface area contributed by atoms with E-state index in [1.165, 1.54) is 0 Å². The van der Waals surface area contributed by atoms with Crippen LogP contribution in [0.2, 0.25) is 0 Å². The fourth-order valence-electron chi connectivity index (χ4n) is 1.15. The van der Waals surface area contributed by atoms with Crippen molar-refractivity contribution in [2.45, 2.75) is 6.42 Å². The highest BCUT2D eigenvalue weighted by molar-refractivity contribution is 9.11. The standard InChI is InChI=1S/C11H13Br2NO/c1-8(12)7-15-10-2-3-11(13)9(6-10)4-5-14/h2-3,6H,1,4-5,7,14H2. The Morgan fingerprint density at radius 2 is 2.20 bits per heavy atom. The molecule has 1 rings (SSSR count). The Morgan fingerprint density at radius 1 is 1.47 bits per heavy atom. The van der Waals surface area contributed by atoms with E-state index >= 15 is 0 Å². The normalized spacial score (nSPS) is 10.1. The number of benzene rings is 1. The Labute approximate surface area is 107 Å². The van der Waals surface area contributed by atoms with Gasteiger partial charge in [0.2, 0.25) is 0 Å². The van der Waals surface area contributed by atoms with E-state index in [2.05, 4.69) is 38.4 Å². The molecule has 82 valence electrons. The van der Waals surface area contributed by atoms with Crippen molar-refractivity contribution >= 4 is 31.9 Å². The van der Waals surface area contributed by atoms with Crippen molar-refractivity contribution in [2.75, 3.05) is 13.2 Å². The molecular formula is C11H13Br2NO. The fourth-order valence-corrected chi connectivity index (χ4v) is 1.71. The van der Waals surface area contributed by atoms with Gasteiger partial charge in [-0.2, -0.15) is 0 Å². The van der Waals surface area contributed by atoms with E-state index in [1.54, 1.807) is 0 Å². The largest absolute Gasteiger partial charge is 0.488 e. The summed E-state index contributed by atoms with van der Waals surface area (Å²) in [7, 11) is 0. The first-order valence-electron chi connectivity index (χ1n) is 4.58. The van der Waals surface area contributed by atoms with Crippen LogP contribution in [-0.2, 0) is 6.42 Å². The molecule has 0 saturated carbocycles. The lowest BCUT2D eigenvalue weighted by Gasteiger charge is -2.08. The number of hydrogen-bond acceptors (Lipinski definition) is 2. The molecule has 0 aromatic heterocycles. The molecule has 0 heterocycles. The van der Waals surface area contributed by atoms with Gasteiger partial charge < -0.3 is 10.5 Å². The summed E-state index contributed by atoms with van der Waals surface area (Å²) in [4.78, 5) is 0. The van der Waals surface area contributed by atoms with Crippen LogP contribution in [0.1, 0.15) is 5.56 Å². The summed E-state index contributed by atoms with van der Waals surface area (Å²) in [5, 5.41) is 0. The lowest BCUT2D eigenvalue weighted by molar-refractivity contribution is 0.360. The van der Waals surface area contributed by atoms with Gasteiger partial charge in [-0.05, 0) is 36.7 Å². The van der Waals surface area contributed by atoms with Gasteiger partial charge in [0.15, 0.2) is 0 Å². The minimum atomic E-state index is 0.476. The maximum Gasteiger partial charge on any atom is 0.120 e. The molecule has 0 aliphatic carbocycles. The average molecular weight is 335 g/mol. The lowest BCUT2D eigenvalue weighted by Crippen LogP contribution is -2.04. The number of hydrogen-bond donors (Lipinski definition) is 1. The van der Waals surface area contributed by atoms with Crippen molar-refractivity contribution in [1.29, 1.82) is 0 Å². The number of nitrogens with two attached hydrogens (primary N) is 1. The molecule has 1 aromatic carbocycles. The highest BCUT2D eigenvalue weighted by Crippen LogP contribution is 2.23. The summed E-state index contributed by atoms with van der Waals surface area (Å²) >= 11 is 6.72. The van der Waals surface area contributed by atoms with Gasteiger partial charge in [0.05, 0.1) is 0 Å². The zero-order valence-electron chi connectivity index (χ0n) is 8.30. The first-order chi connectivity index (χ1) is 7.13. The van der Waals surface area contributed by atoms with E-state index in [0.29, 0.717) is 13.2 Å². The van der Waals surface area contributed by atoms with Gasteiger partial charge >= 0.3 is 0 Å². The van der Waals surface area contributed by atoms with Crippen LogP contribution in [0.15, 0.2) is 33.7 Å². The van der Waals surface area contributed by atoms with Crippen LogP contribution < -0.4 is 10.5 Å². The summed E-state index contributed by atoms with van der Waals surface area (Å²) in [5.41, 5.74) is 6.68. The van der Waals surface area contributed by atoms with Crippen molar-refractivity contribution in [3.63, 3.8) is 0 Å². The molecule has 0 bridgehead atoms. The Balaban J connectivity index is 2.73. The van der Waals surface area contributed by atoms with Crippen LogP contribution in [0, 0.1) is 0 Å². The number of ether oxygens (including phenoxy) is 1. The zero-order valence-corrected chi connectivity index (χ0v) is 11.5. The minimum absolute atomic E-state index is 0.476. The molecule has 0 atom stereocenters.